The van der Waals surface area contributed by atoms with E-state index in [1.165, 1.54) is 46.7 Å². The van der Waals surface area contributed by atoms with Gasteiger partial charge in [0.05, 0.1) is 18.7 Å². The number of ether oxygens (including phenoxy) is 3. The van der Waals surface area contributed by atoms with Gasteiger partial charge in [-0.3, -0.25) is 9.59 Å². The predicted molar refractivity (Wildman–Crippen MR) is 169 cm³/mol. The summed E-state index contributed by atoms with van der Waals surface area (Å²) in [5.74, 6) is -1.34. The Bertz CT molecular complexity index is 1450. The van der Waals surface area contributed by atoms with Crippen LogP contribution >= 0.6 is 34.9 Å². The van der Waals surface area contributed by atoms with Gasteiger partial charge in [0.15, 0.2) is 11.2 Å². The minimum Gasteiger partial charge on any atom is -0.431 e. The highest BCUT2D eigenvalue weighted by molar-refractivity contribution is 8.03. The fourth-order valence-corrected chi connectivity index (χ4v) is 8.03. The second-order valence-corrected chi connectivity index (χ2v) is 14.1. The van der Waals surface area contributed by atoms with Crippen molar-refractivity contribution in [2.24, 2.45) is 0 Å². The molecule has 0 radical (unpaired) electrons. The number of carbonyl (C=O) groups excluding carboxylic acids is 4. The number of aromatic nitrogens is 5. The van der Waals surface area contributed by atoms with E-state index < -0.39 is 47.7 Å². The second kappa shape index (κ2) is 15.4. The lowest BCUT2D eigenvalue weighted by Crippen LogP contribution is -2.74. The van der Waals surface area contributed by atoms with Gasteiger partial charge < -0.3 is 35.1 Å². The number of carbonyl (C=O) groups is 4. The van der Waals surface area contributed by atoms with E-state index in [1.54, 1.807) is 15.5 Å². The Morgan fingerprint density at radius 3 is 2.72 bits per heavy atom. The minimum absolute atomic E-state index is 0.0353. The second-order valence-electron chi connectivity index (χ2n) is 11.3. The van der Waals surface area contributed by atoms with Crippen LogP contribution in [0.2, 0.25) is 0 Å². The average molecular weight is 696 g/mol. The number of nitrogens with zero attached hydrogens (tertiary/aromatic N) is 7. The molecule has 2 amide bonds. The number of rotatable bonds is 13. The predicted octanol–water partition coefficient (Wildman–Crippen LogP) is 1.64. The lowest BCUT2D eigenvalue weighted by Gasteiger charge is -2.51. The monoisotopic (exact) mass is 695 g/mol. The van der Waals surface area contributed by atoms with E-state index in [1.807, 2.05) is 19.0 Å². The SMILES string of the molecule is CC(OC(=O)OC1CCCCC1)OC(=O)C1C(CSc2nnnn2CCN(C)C)=CS[C@@H]2[C@H](NC(=O)Cc3csc(N)n3)C(=O)N12. The standard InChI is InChI=1S/C27H37N9O7S3/c1-15(42-27(40)43-18-7-5-4-6-8-18)41-24(39)21-16(13-46-26-31-32-33-35(26)10-9-34(2)3)12-44-23-20(22(38)36(21)23)30-19(37)11-17-14-45-25(28)29-17/h12,14-15,18,20-21,23H,4-11,13H2,1-3H3,(H2,28,29)(H,30,37)/t15?,20-,21?,23-/m1/s1. The van der Waals surface area contributed by atoms with Gasteiger partial charge in [-0.2, -0.15) is 0 Å². The van der Waals surface area contributed by atoms with E-state index >= 15 is 0 Å². The maximum Gasteiger partial charge on any atom is 0.511 e. The van der Waals surface area contributed by atoms with Crippen molar-refractivity contribution >= 4 is 63.9 Å². The summed E-state index contributed by atoms with van der Waals surface area (Å²) < 4.78 is 17.8. The summed E-state index contributed by atoms with van der Waals surface area (Å²) >= 11 is 3.85. The van der Waals surface area contributed by atoms with Crippen LogP contribution in [-0.2, 0) is 41.6 Å². The Balaban J connectivity index is 1.25. The van der Waals surface area contributed by atoms with Crippen molar-refractivity contribution in [3.63, 3.8) is 0 Å². The third kappa shape index (κ3) is 8.48. The first kappa shape index (κ1) is 33.9. The van der Waals surface area contributed by atoms with E-state index in [9.17, 15) is 19.2 Å². The number of tetrazole rings is 1. The highest BCUT2D eigenvalue weighted by Gasteiger charge is 2.56. The molecule has 16 nitrogen and oxygen atoms in total. The fraction of sp³-hybridized carbons (Fsp3) is 0.630. The molecule has 4 atom stereocenters. The van der Waals surface area contributed by atoms with Crippen LogP contribution in [0.5, 0.6) is 0 Å². The molecule has 1 aliphatic carbocycles. The lowest BCUT2D eigenvalue weighted by molar-refractivity contribution is -0.180. The molecule has 250 valence electrons. The number of nitrogens with one attached hydrogen (secondary N) is 1. The van der Waals surface area contributed by atoms with Gasteiger partial charge in [-0.15, -0.1) is 28.2 Å². The molecule has 3 aliphatic rings. The average Bonchev–Trinajstić information content (AvgIpc) is 3.65. The Hall–Kier alpha value is -3.42. The summed E-state index contributed by atoms with van der Waals surface area (Å²) in [6.45, 7) is 2.70. The van der Waals surface area contributed by atoms with Gasteiger partial charge in [-0.05, 0) is 61.2 Å². The van der Waals surface area contributed by atoms with Crippen LogP contribution in [0.15, 0.2) is 21.5 Å². The molecule has 5 rings (SSSR count). The molecule has 0 aromatic carbocycles. The number of β-lactam (4-membered cyclic amide) rings is 1. The number of thiazole rings is 1. The van der Waals surface area contributed by atoms with E-state index in [-0.39, 0.29) is 18.3 Å². The number of thioether (sulfide) groups is 2. The van der Waals surface area contributed by atoms with Gasteiger partial charge in [0.1, 0.15) is 17.5 Å². The molecule has 2 aromatic heterocycles. The largest absolute Gasteiger partial charge is 0.511 e. The molecule has 46 heavy (non-hydrogen) atoms. The van der Waals surface area contributed by atoms with Crippen molar-refractivity contribution in [2.75, 3.05) is 32.1 Å². The number of nitrogen functional groups attached to an aromatic ring is 1. The van der Waals surface area contributed by atoms with Crippen LogP contribution < -0.4 is 11.1 Å². The van der Waals surface area contributed by atoms with Crippen LogP contribution in [0.4, 0.5) is 9.93 Å². The number of hydrogen-bond acceptors (Lipinski definition) is 16. The third-order valence-corrected chi connectivity index (χ3v) is 10.5. The van der Waals surface area contributed by atoms with Crippen LogP contribution in [-0.4, -0.2) is 115 Å². The number of fused-ring (bicyclic) bond motifs is 1. The van der Waals surface area contributed by atoms with E-state index in [2.05, 4.69) is 25.8 Å². The third-order valence-electron chi connectivity index (χ3n) is 7.50. The zero-order chi connectivity index (χ0) is 32.8. The maximum absolute atomic E-state index is 13.6. The van der Waals surface area contributed by atoms with Gasteiger partial charge in [-0.25, -0.2) is 19.3 Å². The number of anilines is 1. The normalized spacial score (nSPS) is 22.0. The number of likely N-dealkylation sites (N-methyl/N-ethyl adjacent to an activating group) is 1. The van der Waals surface area contributed by atoms with Crippen LogP contribution in [0.25, 0.3) is 0 Å². The van der Waals surface area contributed by atoms with Gasteiger partial charge in [0, 0.05) is 24.6 Å². The summed E-state index contributed by atoms with van der Waals surface area (Å²) in [6, 6.07) is -1.98. The highest BCUT2D eigenvalue weighted by atomic mass is 32.2. The van der Waals surface area contributed by atoms with Crippen LogP contribution in [0.3, 0.4) is 0 Å². The molecule has 2 fully saturated rings. The Morgan fingerprint density at radius 1 is 1.22 bits per heavy atom. The first-order chi connectivity index (χ1) is 22.1. The smallest absolute Gasteiger partial charge is 0.431 e. The van der Waals surface area contributed by atoms with E-state index in [0.717, 1.165) is 38.6 Å². The molecule has 2 unspecified atom stereocenters. The molecule has 1 saturated heterocycles. The molecule has 1 saturated carbocycles. The van der Waals surface area contributed by atoms with E-state index in [4.69, 9.17) is 19.9 Å². The zero-order valence-corrected chi connectivity index (χ0v) is 28.1. The van der Waals surface area contributed by atoms with Crippen molar-refractivity contribution in [1.82, 2.24) is 40.3 Å². The molecule has 2 aromatic rings. The van der Waals surface area contributed by atoms with Crippen molar-refractivity contribution in [3.8, 4) is 0 Å². The van der Waals surface area contributed by atoms with Crippen molar-refractivity contribution < 1.29 is 33.4 Å². The number of esters is 1. The molecule has 19 heteroatoms. The minimum atomic E-state index is -1.26. The number of hydrogen-bond donors (Lipinski definition) is 2. The molecular formula is C27H37N9O7S3. The maximum atomic E-state index is 13.6. The van der Waals surface area contributed by atoms with Gasteiger partial charge in [0.2, 0.25) is 23.3 Å². The molecular weight excluding hydrogens is 659 g/mol. The molecule has 0 spiro atoms. The first-order valence-corrected chi connectivity index (χ1v) is 17.7. The van der Waals surface area contributed by atoms with Crippen LogP contribution in [0.1, 0.15) is 44.7 Å². The Morgan fingerprint density at radius 2 is 2.00 bits per heavy atom. The van der Waals surface area contributed by atoms with Crippen molar-refractivity contribution in [2.45, 2.75) is 87.0 Å². The zero-order valence-electron chi connectivity index (χ0n) is 25.7. The van der Waals surface area contributed by atoms with Crippen LogP contribution in [0, 0.1) is 0 Å². The first-order valence-electron chi connectivity index (χ1n) is 14.9. The highest BCUT2D eigenvalue weighted by Crippen LogP contribution is 2.41. The Kier molecular flexibility index (Phi) is 11.4. The summed E-state index contributed by atoms with van der Waals surface area (Å²) in [7, 11) is 3.89. The summed E-state index contributed by atoms with van der Waals surface area (Å²) in [5, 5.41) is 18.5. The summed E-state index contributed by atoms with van der Waals surface area (Å²) in [4.78, 5) is 59.7. The summed E-state index contributed by atoms with van der Waals surface area (Å²) in [6.07, 6.45) is 2.15. The topological polar surface area (TPSA) is 197 Å². The molecule has 4 heterocycles. The molecule has 2 aliphatic heterocycles. The van der Waals surface area contributed by atoms with Crippen molar-refractivity contribution in [3.05, 3.63) is 22.1 Å². The van der Waals surface area contributed by atoms with Crippen molar-refractivity contribution in [1.29, 1.82) is 0 Å². The quantitative estimate of drug-likeness (QED) is 0.133. The fourth-order valence-electron chi connectivity index (χ4n) is 5.23. The Labute approximate surface area is 278 Å². The van der Waals surface area contributed by atoms with Gasteiger partial charge in [0.25, 0.3) is 0 Å². The van der Waals surface area contributed by atoms with Gasteiger partial charge in [-0.1, -0.05) is 18.2 Å². The molecule has 0 bridgehead atoms. The van der Waals surface area contributed by atoms with Gasteiger partial charge >= 0.3 is 12.1 Å². The molecule has 3 N–H and O–H groups in total. The van der Waals surface area contributed by atoms with E-state index in [0.29, 0.717) is 28.1 Å². The number of nitrogens with two attached hydrogens (primary N) is 1. The summed E-state index contributed by atoms with van der Waals surface area (Å²) in [5.41, 5.74) is 6.74. The lowest BCUT2D eigenvalue weighted by atomic mass is 9.98. The number of amides is 2.